The SMILES string of the molecule is CC(=O)c1c(COC(=O)C2CCCCC2)nc2ccccc2[n+]1[O-]. The Kier molecular flexibility index (Phi) is 4.74. The smallest absolute Gasteiger partial charge is 0.309 e. The number of aromatic nitrogens is 2. The highest BCUT2D eigenvalue weighted by molar-refractivity contribution is 5.92. The number of ketones is 1. The van der Waals surface area contributed by atoms with Gasteiger partial charge in [0.25, 0.3) is 5.69 Å². The maximum absolute atomic E-state index is 12.5. The topological polar surface area (TPSA) is 83.2 Å². The average molecular weight is 328 g/mol. The first kappa shape index (κ1) is 16.4. The van der Waals surface area contributed by atoms with Crippen LogP contribution in [0, 0.1) is 11.1 Å². The van der Waals surface area contributed by atoms with Crippen molar-refractivity contribution in [2.45, 2.75) is 45.6 Å². The second-order valence-electron chi connectivity index (χ2n) is 6.19. The maximum atomic E-state index is 12.5. The summed E-state index contributed by atoms with van der Waals surface area (Å²) in [7, 11) is 0. The van der Waals surface area contributed by atoms with Crippen LogP contribution in [-0.2, 0) is 16.1 Å². The van der Waals surface area contributed by atoms with E-state index < -0.39 is 5.78 Å². The van der Waals surface area contributed by atoms with E-state index in [0.29, 0.717) is 15.8 Å². The van der Waals surface area contributed by atoms with Crippen molar-refractivity contribution in [3.8, 4) is 0 Å². The quantitative estimate of drug-likeness (QED) is 0.373. The lowest BCUT2D eigenvalue weighted by molar-refractivity contribution is -0.580. The van der Waals surface area contributed by atoms with Crippen LogP contribution in [0.15, 0.2) is 24.3 Å². The molecule has 1 heterocycles. The minimum absolute atomic E-state index is 0.0647. The molecular weight excluding hydrogens is 308 g/mol. The standard InChI is InChI=1S/C18H20N2O4/c1-12(21)17-15(11-24-18(22)13-7-3-2-4-8-13)19-14-9-5-6-10-16(14)20(17)23/h5-6,9-10,13H,2-4,7-8,11H2,1H3. The van der Waals surface area contributed by atoms with E-state index in [1.54, 1.807) is 24.3 Å². The Balaban J connectivity index is 1.86. The van der Waals surface area contributed by atoms with E-state index in [1.165, 1.54) is 6.92 Å². The molecule has 1 fully saturated rings. The van der Waals surface area contributed by atoms with Crippen molar-refractivity contribution in [3.63, 3.8) is 0 Å². The summed E-state index contributed by atoms with van der Waals surface area (Å²) in [5, 5.41) is 12.5. The lowest BCUT2D eigenvalue weighted by Gasteiger charge is -2.20. The van der Waals surface area contributed by atoms with Gasteiger partial charge in [-0.25, -0.2) is 4.98 Å². The largest absolute Gasteiger partial charge is 0.618 e. The Bertz CT molecular complexity index is 782. The van der Waals surface area contributed by atoms with Crippen LogP contribution in [-0.4, -0.2) is 16.7 Å². The molecule has 0 radical (unpaired) electrons. The van der Waals surface area contributed by atoms with Gasteiger partial charge in [0, 0.05) is 13.0 Å². The van der Waals surface area contributed by atoms with Crippen molar-refractivity contribution in [1.29, 1.82) is 0 Å². The van der Waals surface area contributed by atoms with Crippen molar-refractivity contribution < 1.29 is 19.1 Å². The van der Waals surface area contributed by atoms with Crippen molar-refractivity contribution in [3.05, 3.63) is 40.9 Å². The number of benzene rings is 1. The monoisotopic (exact) mass is 328 g/mol. The molecule has 0 unspecified atom stereocenters. The summed E-state index contributed by atoms with van der Waals surface area (Å²) >= 11 is 0. The Morgan fingerprint density at radius 1 is 1.25 bits per heavy atom. The molecule has 0 bridgehead atoms. The second kappa shape index (κ2) is 6.95. The number of ether oxygens (including phenoxy) is 1. The van der Waals surface area contributed by atoms with Crippen LogP contribution in [0.25, 0.3) is 11.0 Å². The molecule has 0 saturated heterocycles. The maximum Gasteiger partial charge on any atom is 0.309 e. The van der Waals surface area contributed by atoms with E-state index in [4.69, 9.17) is 4.74 Å². The summed E-state index contributed by atoms with van der Waals surface area (Å²) in [6.07, 6.45) is 4.90. The first-order valence-electron chi connectivity index (χ1n) is 8.26. The molecule has 1 aromatic carbocycles. The normalized spacial score (nSPS) is 15.4. The fourth-order valence-corrected chi connectivity index (χ4v) is 3.21. The number of rotatable bonds is 4. The molecule has 3 rings (SSSR count). The van der Waals surface area contributed by atoms with Crippen molar-refractivity contribution in [2.24, 2.45) is 5.92 Å². The van der Waals surface area contributed by atoms with Crippen LogP contribution < -0.4 is 4.73 Å². The molecule has 1 saturated carbocycles. The van der Waals surface area contributed by atoms with Gasteiger partial charge in [0.2, 0.25) is 11.3 Å². The van der Waals surface area contributed by atoms with Gasteiger partial charge >= 0.3 is 5.97 Å². The van der Waals surface area contributed by atoms with Gasteiger partial charge in [-0.1, -0.05) is 31.4 Å². The summed E-state index contributed by atoms with van der Waals surface area (Å²) in [6, 6.07) is 6.78. The van der Waals surface area contributed by atoms with E-state index in [9.17, 15) is 14.8 Å². The molecule has 24 heavy (non-hydrogen) atoms. The van der Waals surface area contributed by atoms with Crippen molar-refractivity contribution in [2.75, 3.05) is 0 Å². The molecule has 1 aromatic heterocycles. The van der Waals surface area contributed by atoms with E-state index in [-0.39, 0.29) is 29.9 Å². The van der Waals surface area contributed by atoms with Crippen LogP contribution in [0.3, 0.4) is 0 Å². The highest BCUT2D eigenvalue weighted by Gasteiger charge is 2.26. The van der Waals surface area contributed by atoms with Gasteiger partial charge in [0.05, 0.1) is 5.92 Å². The number of hydrogen-bond acceptors (Lipinski definition) is 5. The summed E-state index contributed by atoms with van der Waals surface area (Å²) in [4.78, 5) is 28.4. The summed E-state index contributed by atoms with van der Waals surface area (Å²) in [5.41, 5.74) is 0.941. The first-order chi connectivity index (χ1) is 11.6. The fourth-order valence-electron chi connectivity index (χ4n) is 3.21. The number of carbonyl (C=O) groups is 2. The average Bonchev–Trinajstić information content (AvgIpc) is 2.60. The number of esters is 1. The molecule has 6 nitrogen and oxygen atoms in total. The van der Waals surface area contributed by atoms with Crippen LogP contribution in [0.1, 0.15) is 55.2 Å². The zero-order chi connectivity index (χ0) is 17.1. The molecule has 0 spiro atoms. The summed E-state index contributed by atoms with van der Waals surface area (Å²) in [5.74, 6) is -0.747. The van der Waals surface area contributed by atoms with Gasteiger partial charge in [-0.2, -0.15) is 4.73 Å². The number of hydrogen-bond donors (Lipinski definition) is 0. The molecular formula is C18H20N2O4. The zero-order valence-electron chi connectivity index (χ0n) is 13.7. The van der Waals surface area contributed by atoms with E-state index in [1.807, 2.05) is 0 Å². The van der Waals surface area contributed by atoms with Gasteiger partial charge in [-0.3, -0.25) is 9.59 Å². The molecule has 0 aliphatic heterocycles. The predicted molar refractivity (Wildman–Crippen MR) is 87.1 cm³/mol. The first-order valence-corrected chi connectivity index (χ1v) is 8.26. The molecule has 6 heteroatoms. The fraction of sp³-hybridized carbons (Fsp3) is 0.444. The number of carbonyl (C=O) groups excluding carboxylic acids is 2. The van der Waals surface area contributed by atoms with Crippen molar-refractivity contribution >= 4 is 22.8 Å². The molecule has 0 N–H and O–H groups in total. The minimum Gasteiger partial charge on any atom is -0.618 e. The predicted octanol–water partition coefficient (Wildman–Crippen LogP) is 2.69. The van der Waals surface area contributed by atoms with Gasteiger partial charge in [-0.05, 0) is 18.9 Å². The Hall–Kier alpha value is -2.50. The Morgan fingerprint density at radius 2 is 1.96 bits per heavy atom. The summed E-state index contributed by atoms with van der Waals surface area (Å²) < 4.78 is 5.93. The van der Waals surface area contributed by atoms with Crippen LogP contribution >= 0.6 is 0 Å². The highest BCUT2D eigenvalue weighted by atomic mass is 16.5. The van der Waals surface area contributed by atoms with Gasteiger partial charge in [-0.15, -0.1) is 0 Å². The van der Waals surface area contributed by atoms with Crippen LogP contribution in [0.5, 0.6) is 0 Å². The molecule has 126 valence electrons. The lowest BCUT2D eigenvalue weighted by atomic mass is 9.89. The Labute approximate surface area is 140 Å². The van der Waals surface area contributed by atoms with E-state index >= 15 is 0 Å². The molecule has 0 atom stereocenters. The Morgan fingerprint density at radius 3 is 2.67 bits per heavy atom. The third-order valence-electron chi connectivity index (χ3n) is 4.46. The van der Waals surface area contributed by atoms with Crippen LogP contribution in [0.2, 0.25) is 0 Å². The molecule has 2 aromatic rings. The second-order valence-corrected chi connectivity index (χ2v) is 6.19. The van der Waals surface area contributed by atoms with Crippen molar-refractivity contribution in [1.82, 2.24) is 4.98 Å². The van der Waals surface area contributed by atoms with E-state index in [2.05, 4.69) is 4.98 Å². The lowest BCUT2D eigenvalue weighted by Crippen LogP contribution is -2.37. The molecule has 1 aliphatic carbocycles. The van der Waals surface area contributed by atoms with Gasteiger partial charge in [0.15, 0.2) is 5.69 Å². The number of Topliss-reactive ketones (excluding diaryl/α,β-unsaturated/α-hetero) is 1. The van der Waals surface area contributed by atoms with Gasteiger partial charge < -0.3 is 9.94 Å². The van der Waals surface area contributed by atoms with Crippen LogP contribution in [0.4, 0.5) is 0 Å². The number of nitrogens with zero attached hydrogens (tertiary/aromatic N) is 2. The zero-order valence-corrected chi connectivity index (χ0v) is 13.7. The molecule has 1 aliphatic rings. The number of para-hydroxylation sites is 2. The number of fused-ring (bicyclic) bond motifs is 1. The third kappa shape index (κ3) is 3.22. The van der Waals surface area contributed by atoms with E-state index in [0.717, 1.165) is 32.1 Å². The molecule has 0 amide bonds. The van der Waals surface area contributed by atoms with Gasteiger partial charge in [0.1, 0.15) is 12.1 Å². The third-order valence-corrected chi connectivity index (χ3v) is 4.46. The minimum atomic E-state index is -0.396. The summed E-state index contributed by atoms with van der Waals surface area (Å²) in [6.45, 7) is 1.16. The highest BCUT2D eigenvalue weighted by Crippen LogP contribution is 2.25.